The monoisotopic (exact) mass is 280 g/mol. The molecule has 1 atom stereocenters. The molecule has 0 aromatic heterocycles. The maximum Gasteiger partial charge on any atom is 0.241 e. The Balaban J connectivity index is 2.90. The molecule has 0 aliphatic carbocycles. The highest BCUT2D eigenvalue weighted by Gasteiger charge is 2.24. The Morgan fingerprint density at radius 3 is 2.50 bits per heavy atom. The third kappa shape index (κ3) is 3.95. The summed E-state index contributed by atoms with van der Waals surface area (Å²) in [5.41, 5.74) is 1.31. The Labute approximate surface area is 120 Å². The molecule has 1 rings (SSSR count). The van der Waals surface area contributed by atoms with Gasteiger partial charge in [0.2, 0.25) is 5.91 Å². The fourth-order valence-corrected chi connectivity index (χ4v) is 2.33. The van der Waals surface area contributed by atoms with Crippen LogP contribution in [0.3, 0.4) is 0 Å². The first-order chi connectivity index (χ1) is 9.40. The largest absolute Gasteiger partial charge is 0.496 e. The summed E-state index contributed by atoms with van der Waals surface area (Å²) in [7, 11) is 5.32. The van der Waals surface area contributed by atoms with Crippen LogP contribution >= 0.6 is 0 Å². The van der Waals surface area contributed by atoms with Crippen molar-refractivity contribution in [2.24, 2.45) is 5.92 Å². The number of anilines is 1. The van der Waals surface area contributed by atoms with Crippen LogP contribution in [-0.4, -0.2) is 43.2 Å². The van der Waals surface area contributed by atoms with Gasteiger partial charge < -0.3 is 15.2 Å². The zero-order chi connectivity index (χ0) is 15.3. The average molecular weight is 280 g/mol. The minimum absolute atomic E-state index is 0.0564. The molecule has 1 amide bonds. The van der Waals surface area contributed by atoms with E-state index in [4.69, 9.17) is 4.74 Å². The summed E-state index contributed by atoms with van der Waals surface area (Å²) in [4.78, 5) is 14.2. The van der Waals surface area contributed by atoms with Gasteiger partial charge >= 0.3 is 0 Å². The number of aliphatic hydroxyl groups is 1. The van der Waals surface area contributed by atoms with Crippen LogP contribution in [0.1, 0.15) is 19.4 Å². The number of nitrogens with zero attached hydrogens (tertiary/aromatic N) is 1. The Morgan fingerprint density at radius 2 is 2.05 bits per heavy atom. The van der Waals surface area contributed by atoms with Crippen molar-refractivity contribution < 1.29 is 14.6 Å². The van der Waals surface area contributed by atoms with E-state index in [-0.39, 0.29) is 24.5 Å². The standard InChI is InChI=1S/C15H24N2O3/c1-10(2)14(17(3)4)15(19)16-12-6-7-13(20-5)11(8-12)9-18/h6-8,10,14,18H,9H2,1-5H3,(H,16,19). The number of hydrogen-bond donors (Lipinski definition) is 2. The lowest BCUT2D eigenvalue weighted by Crippen LogP contribution is -2.43. The number of likely N-dealkylation sites (N-methyl/N-ethyl adjacent to an activating group) is 1. The Morgan fingerprint density at radius 1 is 1.40 bits per heavy atom. The van der Waals surface area contributed by atoms with Crippen LogP contribution in [0.4, 0.5) is 5.69 Å². The number of hydrogen-bond acceptors (Lipinski definition) is 4. The summed E-state index contributed by atoms with van der Waals surface area (Å²) >= 11 is 0. The number of ether oxygens (including phenoxy) is 1. The number of rotatable bonds is 6. The number of nitrogens with one attached hydrogen (secondary N) is 1. The smallest absolute Gasteiger partial charge is 0.241 e. The van der Waals surface area contributed by atoms with Gasteiger partial charge in [0.15, 0.2) is 0 Å². The van der Waals surface area contributed by atoms with Crippen molar-refractivity contribution in [1.82, 2.24) is 4.90 Å². The molecular formula is C15H24N2O3. The van der Waals surface area contributed by atoms with Crippen LogP contribution < -0.4 is 10.1 Å². The molecule has 112 valence electrons. The molecule has 0 aliphatic heterocycles. The lowest BCUT2D eigenvalue weighted by molar-refractivity contribution is -0.121. The Kier molecular flexibility index (Phi) is 5.98. The molecule has 0 radical (unpaired) electrons. The lowest BCUT2D eigenvalue weighted by atomic mass is 10.0. The first-order valence-corrected chi connectivity index (χ1v) is 6.65. The van der Waals surface area contributed by atoms with Gasteiger partial charge in [-0.25, -0.2) is 0 Å². The van der Waals surface area contributed by atoms with E-state index in [2.05, 4.69) is 5.32 Å². The summed E-state index contributed by atoms with van der Waals surface area (Å²) in [6, 6.07) is 5.03. The highest BCUT2D eigenvalue weighted by atomic mass is 16.5. The van der Waals surface area contributed by atoms with Gasteiger partial charge in [0.1, 0.15) is 5.75 Å². The van der Waals surface area contributed by atoms with E-state index in [1.54, 1.807) is 25.3 Å². The third-order valence-corrected chi connectivity index (χ3v) is 3.17. The number of benzene rings is 1. The van der Waals surface area contributed by atoms with Gasteiger partial charge in [-0.2, -0.15) is 0 Å². The van der Waals surface area contributed by atoms with Crippen molar-refractivity contribution in [3.05, 3.63) is 23.8 Å². The molecule has 0 fully saturated rings. The zero-order valence-corrected chi connectivity index (χ0v) is 12.8. The first kappa shape index (κ1) is 16.5. The molecule has 5 heteroatoms. The molecule has 0 saturated heterocycles. The molecule has 1 aromatic rings. The topological polar surface area (TPSA) is 61.8 Å². The second-order valence-corrected chi connectivity index (χ2v) is 5.33. The minimum Gasteiger partial charge on any atom is -0.496 e. The van der Waals surface area contributed by atoms with Gasteiger partial charge in [-0.15, -0.1) is 0 Å². The molecule has 0 saturated carbocycles. The number of amides is 1. The summed E-state index contributed by atoms with van der Waals surface area (Å²) < 4.78 is 5.14. The highest BCUT2D eigenvalue weighted by Crippen LogP contribution is 2.23. The second kappa shape index (κ2) is 7.26. The van der Waals surface area contributed by atoms with Crippen molar-refractivity contribution in [3.8, 4) is 5.75 Å². The maximum atomic E-state index is 12.3. The molecule has 1 unspecified atom stereocenters. The Bertz CT molecular complexity index is 450. The molecule has 2 N–H and O–H groups in total. The average Bonchev–Trinajstić information content (AvgIpc) is 2.37. The summed E-state index contributed by atoms with van der Waals surface area (Å²) in [6.07, 6.45) is 0. The predicted molar refractivity (Wildman–Crippen MR) is 79.9 cm³/mol. The Hall–Kier alpha value is -1.59. The number of carbonyl (C=O) groups excluding carboxylic acids is 1. The maximum absolute atomic E-state index is 12.3. The molecule has 0 bridgehead atoms. The highest BCUT2D eigenvalue weighted by molar-refractivity contribution is 5.95. The first-order valence-electron chi connectivity index (χ1n) is 6.65. The van der Waals surface area contributed by atoms with E-state index in [0.29, 0.717) is 17.0 Å². The lowest BCUT2D eigenvalue weighted by Gasteiger charge is -2.26. The van der Waals surface area contributed by atoms with Crippen molar-refractivity contribution in [3.63, 3.8) is 0 Å². The van der Waals surface area contributed by atoms with Crippen molar-refractivity contribution in [2.45, 2.75) is 26.5 Å². The fraction of sp³-hybridized carbons (Fsp3) is 0.533. The zero-order valence-electron chi connectivity index (χ0n) is 12.8. The third-order valence-electron chi connectivity index (χ3n) is 3.17. The van der Waals surface area contributed by atoms with E-state index < -0.39 is 0 Å². The van der Waals surface area contributed by atoms with Gasteiger partial charge in [-0.05, 0) is 38.2 Å². The van der Waals surface area contributed by atoms with Crippen LogP contribution in [-0.2, 0) is 11.4 Å². The molecule has 0 heterocycles. The predicted octanol–water partition coefficient (Wildman–Crippen LogP) is 1.71. The van der Waals surface area contributed by atoms with E-state index in [9.17, 15) is 9.90 Å². The molecule has 0 spiro atoms. The summed E-state index contributed by atoms with van der Waals surface area (Å²) in [5.74, 6) is 0.762. The van der Waals surface area contributed by atoms with Crippen LogP contribution in [0.2, 0.25) is 0 Å². The molecule has 5 nitrogen and oxygen atoms in total. The molecule has 1 aromatic carbocycles. The van der Waals surface area contributed by atoms with Gasteiger partial charge in [0.05, 0.1) is 19.8 Å². The minimum atomic E-state index is -0.199. The van der Waals surface area contributed by atoms with E-state index in [0.717, 1.165) is 0 Å². The SMILES string of the molecule is COc1ccc(NC(=O)C(C(C)C)N(C)C)cc1CO. The molecule has 0 aliphatic rings. The second-order valence-electron chi connectivity index (χ2n) is 5.33. The quantitative estimate of drug-likeness (QED) is 0.833. The van der Waals surface area contributed by atoms with Crippen molar-refractivity contribution in [2.75, 3.05) is 26.5 Å². The van der Waals surface area contributed by atoms with Crippen LogP contribution in [0.5, 0.6) is 5.75 Å². The van der Waals surface area contributed by atoms with Crippen LogP contribution in [0.25, 0.3) is 0 Å². The fourth-order valence-electron chi connectivity index (χ4n) is 2.33. The van der Waals surface area contributed by atoms with Crippen LogP contribution in [0, 0.1) is 5.92 Å². The van der Waals surface area contributed by atoms with E-state index >= 15 is 0 Å². The number of carbonyl (C=O) groups is 1. The normalized spacial score (nSPS) is 12.6. The van der Waals surface area contributed by atoms with Crippen molar-refractivity contribution >= 4 is 11.6 Å². The van der Waals surface area contributed by atoms with E-state index in [1.807, 2.05) is 32.8 Å². The van der Waals surface area contributed by atoms with Gasteiger partial charge in [-0.1, -0.05) is 13.8 Å². The van der Waals surface area contributed by atoms with Gasteiger partial charge in [0, 0.05) is 11.3 Å². The number of aliphatic hydroxyl groups excluding tert-OH is 1. The van der Waals surface area contributed by atoms with Gasteiger partial charge in [0.25, 0.3) is 0 Å². The van der Waals surface area contributed by atoms with Crippen molar-refractivity contribution in [1.29, 1.82) is 0 Å². The summed E-state index contributed by atoms with van der Waals surface area (Å²) in [5, 5.41) is 12.2. The van der Waals surface area contributed by atoms with Gasteiger partial charge in [-0.3, -0.25) is 9.69 Å². The molecular weight excluding hydrogens is 256 g/mol. The van der Waals surface area contributed by atoms with E-state index in [1.165, 1.54) is 0 Å². The number of methoxy groups -OCH3 is 1. The summed E-state index contributed by atoms with van der Waals surface area (Å²) in [6.45, 7) is 3.89. The van der Waals surface area contributed by atoms with Crippen LogP contribution in [0.15, 0.2) is 18.2 Å². The molecule has 20 heavy (non-hydrogen) atoms.